The van der Waals surface area contributed by atoms with Crippen molar-refractivity contribution >= 4 is 11.7 Å². The van der Waals surface area contributed by atoms with Crippen molar-refractivity contribution in [2.45, 2.75) is 25.8 Å². The first-order valence-electron chi connectivity index (χ1n) is 5.63. The van der Waals surface area contributed by atoms with Gasteiger partial charge in [0, 0.05) is 17.9 Å². The van der Waals surface area contributed by atoms with Gasteiger partial charge in [-0.1, -0.05) is 0 Å². The van der Waals surface area contributed by atoms with E-state index >= 15 is 0 Å². The Bertz CT molecular complexity index is 419. The van der Waals surface area contributed by atoms with Crippen molar-refractivity contribution in [2.75, 3.05) is 18.9 Å². The van der Waals surface area contributed by atoms with Crippen LogP contribution in [0.5, 0.6) is 0 Å². The topological polar surface area (TPSA) is 77.2 Å². The summed E-state index contributed by atoms with van der Waals surface area (Å²) in [5.41, 5.74) is 6.63. The number of nitrogens with two attached hydrogens (primary N) is 1. The third-order valence-electron chi connectivity index (χ3n) is 2.87. The number of hydrogen-bond acceptors (Lipinski definition) is 4. The zero-order valence-electron chi connectivity index (χ0n) is 10.1. The second-order valence-corrected chi connectivity index (χ2v) is 4.74. The summed E-state index contributed by atoms with van der Waals surface area (Å²) >= 11 is 0. The van der Waals surface area contributed by atoms with Gasteiger partial charge in [0.05, 0.1) is 12.1 Å². The largest absolute Gasteiger partial charge is 0.384 e. The van der Waals surface area contributed by atoms with Crippen LogP contribution in [0.3, 0.4) is 0 Å². The summed E-state index contributed by atoms with van der Waals surface area (Å²) in [4.78, 5) is 16.1. The second-order valence-electron chi connectivity index (χ2n) is 4.74. The molecule has 1 atom stereocenters. The van der Waals surface area contributed by atoms with Crippen molar-refractivity contribution in [3.8, 4) is 0 Å². The minimum atomic E-state index is -0.275. The lowest BCUT2D eigenvalue weighted by molar-refractivity contribution is 0.0889. The molecular formula is C12H17N3O2. The van der Waals surface area contributed by atoms with E-state index in [0.717, 1.165) is 12.1 Å². The first kappa shape index (κ1) is 11.9. The first-order valence-corrected chi connectivity index (χ1v) is 5.63. The summed E-state index contributed by atoms with van der Waals surface area (Å²) in [6.45, 7) is 5.04. The molecule has 0 aliphatic carbocycles. The maximum atomic E-state index is 12.1. The average Bonchev–Trinajstić information content (AvgIpc) is 2.63. The van der Waals surface area contributed by atoms with Gasteiger partial charge in [0.1, 0.15) is 5.82 Å². The quantitative estimate of drug-likeness (QED) is 0.797. The molecule has 2 rings (SSSR count). The van der Waals surface area contributed by atoms with Crippen molar-refractivity contribution in [3.63, 3.8) is 0 Å². The molecule has 0 radical (unpaired) electrons. The normalized spacial score (nSPS) is 23.6. The van der Waals surface area contributed by atoms with Gasteiger partial charge in [-0.05, 0) is 32.4 Å². The Labute approximate surface area is 100 Å². The van der Waals surface area contributed by atoms with E-state index in [1.165, 1.54) is 0 Å². The van der Waals surface area contributed by atoms with Crippen molar-refractivity contribution in [2.24, 2.45) is 0 Å². The molecule has 1 aliphatic heterocycles. The molecule has 1 aliphatic rings. The fraction of sp³-hybridized carbons (Fsp3) is 0.500. The molecule has 1 aromatic heterocycles. The van der Waals surface area contributed by atoms with E-state index in [9.17, 15) is 4.79 Å². The maximum absolute atomic E-state index is 12.1. The number of rotatable bonds is 2. The van der Waals surface area contributed by atoms with Gasteiger partial charge in [0.2, 0.25) is 0 Å². The van der Waals surface area contributed by atoms with E-state index in [0.29, 0.717) is 24.6 Å². The van der Waals surface area contributed by atoms with Crippen LogP contribution < -0.4 is 11.1 Å². The van der Waals surface area contributed by atoms with Crippen molar-refractivity contribution < 1.29 is 9.53 Å². The molecule has 3 N–H and O–H groups in total. The predicted octanol–water partition coefficient (Wildman–Crippen LogP) is 0.881. The van der Waals surface area contributed by atoms with Gasteiger partial charge in [-0.2, -0.15) is 0 Å². The summed E-state index contributed by atoms with van der Waals surface area (Å²) in [6.07, 6.45) is 0.832. The highest BCUT2D eigenvalue weighted by atomic mass is 16.5. The number of aryl methyl sites for hydroxylation is 1. The van der Waals surface area contributed by atoms with Gasteiger partial charge < -0.3 is 15.8 Å². The molecule has 0 spiro atoms. The molecule has 1 aromatic rings. The van der Waals surface area contributed by atoms with Crippen LogP contribution in [0.25, 0.3) is 0 Å². The summed E-state index contributed by atoms with van der Waals surface area (Å²) in [7, 11) is 0. The maximum Gasteiger partial charge on any atom is 0.251 e. The van der Waals surface area contributed by atoms with Crippen molar-refractivity contribution in [1.82, 2.24) is 10.3 Å². The van der Waals surface area contributed by atoms with Crippen molar-refractivity contribution in [3.05, 3.63) is 23.4 Å². The predicted molar refractivity (Wildman–Crippen MR) is 64.7 cm³/mol. The number of anilines is 1. The number of amides is 1. The van der Waals surface area contributed by atoms with Crippen LogP contribution in [0.4, 0.5) is 5.82 Å². The molecule has 0 saturated carbocycles. The highest BCUT2D eigenvalue weighted by Gasteiger charge is 2.31. The number of pyridine rings is 1. The molecular weight excluding hydrogens is 218 g/mol. The molecule has 1 unspecified atom stereocenters. The molecule has 5 nitrogen and oxygen atoms in total. The number of carbonyl (C=O) groups is 1. The smallest absolute Gasteiger partial charge is 0.251 e. The van der Waals surface area contributed by atoms with Crippen LogP contribution in [-0.4, -0.2) is 29.6 Å². The number of carbonyl (C=O) groups excluding carboxylic acids is 1. The Hall–Kier alpha value is -1.62. The summed E-state index contributed by atoms with van der Waals surface area (Å²) in [6, 6.07) is 3.31. The van der Waals surface area contributed by atoms with Gasteiger partial charge in [-0.3, -0.25) is 4.79 Å². The Morgan fingerprint density at radius 2 is 2.35 bits per heavy atom. The monoisotopic (exact) mass is 235 g/mol. The highest BCUT2D eigenvalue weighted by molar-refractivity contribution is 5.95. The van der Waals surface area contributed by atoms with Gasteiger partial charge >= 0.3 is 0 Å². The number of nitrogens with one attached hydrogen (secondary N) is 1. The van der Waals surface area contributed by atoms with E-state index in [2.05, 4.69) is 10.3 Å². The SMILES string of the molecule is Cc1cc(C(=O)NC2(C)CCOC2)cc(N)n1. The standard InChI is InChI=1S/C12H17N3O2/c1-8-5-9(6-10(13)14-8)11(16)15-12(2)3-4-17-7-12/h5-6H,3-4,7H2,1-2H3,(H2,13,14)(H,15,16). The van der Waals surface area contributed by atoms with Crippen LogP contribution in [0, 0.1) is 6.92 Å². The highest BCUT2D eigenvalue weighted by Crippen LogP contribution is 2.18. The summed E-state index contributed by atoms with van der Waals surface area (Å²) in [5, 5.41) is 2.98. The molecule has 0 bridgehead atoms. The molecule has 17 heavy (non-hydrogen) atoms. The van der Waals surface area contributed by atoms with Gasteiger partial charge in [-0.15, -0.1) is 0 Å². The Morgan fingerprint density at radius 1 is 1.59 bits per heavy atom. The van der Waals surface area contributed by atoms with Crippen LogP contribution in [0.2, 0.25) is 0 Å². The minimum absolute atomic E-state index is 0.129. The molecule has 1 fully saturated rings. The van der Waals surface area contributed by atoms with Crippen LogP contribution in [-0.2, 0) is 4.74 Å². The average molecular weight is 235 g/mol. The Balaban J connectivity index is 2.14. The van der Waals surface area contributed by atoms with Gasteiger partial charge in [0.25, 0.3) is 5.91 Å². The molecule has 92 valence electrons. The third kappa shape index (κ3) is 2.74. The lowest BCUT2D eigenvalue weighted by atomic mass is 10.0. The fourth-order valence-corrected chi connectivity index (χ4v) is 1.94. The molecule has 1 amide bonds. The van der Waals surface area contributed by atoms with Crippen molar-refractivity contribution in [1.29, 1.82) is 0 Å². The number of ether oxygens (including phenoxy) is 1. The number of nitrogen functional groups attached to an aromatic ring is 1. The zero-order chi connectivity index (χ0) is 12.5. The van der Waals surface area contributed by atoms with E-state index in [1.807, 2.05) is 13.8 Å². The van der Waals surface area contributed by atoms with Crippen LogP contribution in [0.15, 0.2) is 12.1 Å². The fourth-order valence-electron chi connectivity index (χ4n) is 1.94. The Kier molecular flexibility index (Phi) is 3.02. The van der Waals surface area contributed by atoms with E-state index in [-0.39, 0.29) is 11.4 Å². The lowest BCUT2D eigenvalue weighted by Crippen LogP contribution is -2.46. The molecule has 0 aromatic carbocycles. The van der Waals surface area contributed by atoms with Crippen LogP contribution >= 0.6 is 0 Å². The summed E-state index contributed by atoms with van der Waals surface area (Å²) < 4.78 is 5.29. The molecule has 5 heteroatoms. The molecule has 2 heterocycles. The Morgan fingerprint density at radius 3 is 2.94 bits per heavy atom. The van der Waals surface area contributed by atoms with Gasteiger partial charge in [0.15, 0.2) is 0 Å². The lowest BCUT2D eigenvalue weighted by Gasteiger charge is -2.23. The van der Waals surface area contributed by atoms with E-state index in [4.69, 9.17) is 10.5 Å². The summed E-state index contributed by atoms with van der Waals surface area (Å²) in [5.74, 6) is 0.234. The van der Waals surface area contributed by atoms with Crippen LogP contribution in [0.1, 0.15) is 29.4 Å². The minimum Gasteiger partial charge on any atom is -0.384 e. The van der Waals surface area contributed by atoms with E-state index < -0.39 is 0 Å². The number of aromatic nitrogens is 1. The second kappa shape index (κ2) is 4.33. The van der Waals surface area contributed by atoms with E-state index in [1.54, 1.807) is 12.1 Å². The number of hydrogen-bond donors (Lipinski definition) is 2. The van der Waals surface area contributed by atoms with Gasteiger partial charge in [-0.25, -0.2) is 4.98 Å². The zero-order valence-corrected chi connectivity index (χ0v) is 10.1. The molecule has 1 saturated heterocycles. The third-order valence-corrected chi connectivity index (χ3v) is 2.87. The first-order chi connectivity index (χ1) is 7.98. The number of nitrogens with zero attached hydrogens (tertiary/aromatic N) is 1.